The number of nitrogens with zero attached hydrogens (tertiary/aromatic N) is 2. The van der Waals surface area contributed by atoms with Crippen LogP contribution in [-0.4, -0.2) is 22.6 Å². The number of hydrogen-bond acceptors (Lipinski definition) is 5. The van der Waals surface area contributed by atoms with Crippen molar-refractivity contribution < 1.29 is 4.79 Å². The van der Waals surface area contributed by atoms with E-state index >= 15 is 0 Å². The number of amides is 1. The zero-order valence-electron chi connectivity index (χ0n) is 22.4. The third-order valence-electron chi connectivity index (χ3n) is 6.42. The van der Waals surface area contributed by atoms with E-state index in [4.69, 9.17) is 0 Å². The molecule has 34 heavy (non-hydrogen) atoms. The number of nitrogens with one attached hydrogen (secondary N) is 2. The molecular formula is C28H52N4OS. The predicted molar refractivity (Wildman–Crippen MR) is 150 cm³/mol. The lowest BCUT2D eigenvalue weighted by molar-refractivity contribution is -0.116. The molecule has 0 spiro atoms. The van der Waals surface area contributed by atoms with Gasteiger partial charge in [0.2, 0.25) is 16.2 Å². The SMILES string of the molecule is CCCCCCCC/C=C/CCCCCCCC(=O)Nc1nnc(NCC(CC)CCCC)s1. The van der Waals surface area contributed by atoms with E-state index in [1.54, 1.807) is 0 Å². The van der Waals surface area contributed by atoms with Crippen LogP contribution in [0, 0.1) is 5.92 Å². The van der Waals surface area contributed by atoms with E-state index in [0.717, 1.165) is 24.5 Å². The monoisotopic (exact) mass is 492 g/mol. The molecule has 0 aromatic carbocycles. The van der Waals surface area contributed by atoms with Gasteiger partial charge in [0.1, 0.15) is 0 Å². The second-order valence-electron chi connectivity index (χ2n) is 9.59. The zero-order valence-corrected chi connectivity index (χ0v) is 23.2. The van der Waals surface area contributed by atoms with Gasteiger partial charge in [-0.25, -0.2) is 0 Å². The van der Waals surface area contributed by atoms with Gasteiger partial charge in [0, 0.05) is 13.0 Å². The maximum absolute atomic E-state index is 12.2. The van der Waals surface area contributed by atoms with Crippen molar-refractivity contribution in [1.82, 2.24) is 10.2 Å². The number of aromatic nitrogens is 2. The summed E-state index contributed by atoms with van der Waals surface area (Å²) >= 11 is 1.43. The lowest BCUT2D eigenvalue weighted by Crippen LogP contribution is -2.13. The molecule has 1 atom stereocenters. The van der Waals surface area contributed by atoms with Crippen LogP contribution in [0.15, 0.2) is 12.2 Å². The van der Waals surface area contributed by atoms with Crippen molar-refractivity contribution in [1.29, 1.82) is 0 Å². The maximum atomic E-state index is 12.2. The molecule has 1 amide bonds. The quantitative estimate of drug-likeness (QED) is 0.118. The van der Waals surface area contributed by atoms with Crippen LogP contribution in [-0.2, 0) is 4.79 Å². The number of carbonyl (C=O) groups excluding carboxylic acids is 1. The van der Waals surface area contributed by atoms with E-state index in [1.807, 2.05) is 0 Å². The molecule has 0 bridgehead atoms. The van der Waals surface area contributed by atoms with Gasteiger partial charge in [-0.05, 0) is 44.4 Å². The fraction of sp³-hybridized carbons (Fsp3) is 0.821. The van der Waals surface area contributed by atoms with Crippen molar-refractivity contribution in [2.75, 3.05) is 17.2 Å². The molecule has 1 heterocycles. The third kappa shape index (κ3) is 17.1. The van der Waals surface area contributed by atoms with Crippen LogP contribution >= 0.6 is 11.3 Å². The van der Waals surface area contributed by atoms with Gasteiger partial charge in [0.25, 0.3) is 0 Å². The van der Waals surface area contributed by atoms with Crippen LogP contribution in [0.4, 0.5) is 10.3 Å². The normalized spacial score (nSPS) is 12.3. The van der Waals surface area contributed by atoms with Gasteiger partial charge >= 0.3 is 0 Å². The fourth-order valence-corrected chi connectivity index (χ4v) is 4.73. The van der Waals surface area contributed by atoms with Crippen LogP contribution in [0.3, 0.4) is 0 Å². The Kier molecular flexibility index (Phi) is 19.9. The summed E-state index contributed by atoms with van der Waals surface area (Å²) in [7, 11) is 0. The molecule has 0 radical (unpaired) electrons. The van der Waals surface area contributed by atoms with Gasteiger partial charge in [0.05, 0.1) is 0 Å². The standard InChI is InChI=1S/C28H52N4OS/c1-4-7-9-10-11-12-13-14-15-16-17-18-19-20-21-23-26(33)30-28-32-31-27(34-28)29-24-25(6-3)22-8-5-2/h14-15,25H,4-13,16-24H2,1-3H3,(H,29,31)(H,30,32,33)/b15-14+. The molecule has 6 heteroatoms. The van der Waals surface area contributed by atoms with Gasteiger partial charge in [0.15, 0.2) is 0 Å². The molecule has 1 unspecified atom stereocenters. The first kappa shape index (κ1) is 30.6. The average Bonchev–Trinajstić information content (AvgIpc) is 3.28. The van der Waals surface area contributed by atoms with Gasteiger partial charge in [-0.3, -0.25) is 4.79 Å². The van der Waals surface area contributed by atoms with Crippen molar-refractivity contribution in [3.05, 3.63) is 12.2 Å². The van der Waals surface area contributed by atoms with Crippen molar-refractivity contribution in [3.63, 3.8) is 0 Å². The van der Waals surface area contributed by atoms with Gasteiger partial charge in [-0.15, -0.1) is 10.2 Å². The highest BCUT2D eigenvalue weighted by atomic mass is 32.1. The van der Waals surface area contributed by atoms with Crippen LogP contribution in [0.5, 0.6) is 0 Å². The molecule has 5 nitrogen and oxygen atoms in total. The van der Waals surface area contributed by atoms with E-state index in [9.17, 15) is 4.79 Å². The Morgan fingerprint density at radius 1 is 0.794 bits per heavy atom. The number of anilines is 2. The topological polar surface area (TPSA) is 66.9 Å². The van der Waals surface area contributed by atoms with Gasteiger partial charge in [-0.2, -0.15) is 0 Å². The highest BCUT2D eigenvalue weighted by Crippen LogP contribution is 2.22. The Balaban J connectivity index is 1.99. The molecular weight excluding hydrogens is 440 g/mol. The van der Waals surface area contributed by atoms with Crippen LogP contribution < -0.4 is 10.6 Å². The molecule has 0 aliphatic carbocycles. The summed E-state index contributed by atoms with van der Waals surface area (Å²) in [5.74, 6) is 0.720. The molecule has 2 N–H and O–H groups in total. The molecule has 1 aromatic heterocycles. The molecule has 0 aliphatic rings. The first-order valence-corrected chi connectivity index (χ1v) is 15.0. The Hall–Kier alpha value is -1.43. The minimum atomic E-state index is 0.0507. The highest BCUT2D eigenvalue weighted by molar-refractivity contribution is 7.19. The largest absolute Gasteiger partial charge is 0.360 e. The summed E-state index contributed by atoms with van der Waals surface area (Å²) in [6, 6.07) is 0. The van der Waals surface area contributed by atoms with Crippen molar-refractivity contribution in [3.8, 4) is 0 Å². The van der Waals surface area contributed by atoms with Crippen molar-refractivity contribution in [2.45, 2.75) is 136 Å². The van der Waals surface area contributed by atoms with Crippen molar-refractivity contribution in [2.24, 2.45) is 5.92 Å². The summed E-state index contributed by atoms with van der Waals surface area (Å²) in [4.78, 5) is 12.2. The molecule has 196 valence electrons. The first-order valence-electron chi connectivity index (χ1n) is 14.2. The van der Waals surface area contributed by atoms with E-state index in [-0.39, 0.29) is 5.91 Å². The molecule has 1 aromatic rings. The minimum Gasteiger partial charge on any atom is -0.360 e. The van der Waals surface area contributed by atoms with Crippen molar-refractivity contribution >= 4 is 27.5 Å². The van der Waals surface area contributed by atoms with Crippen LogP contribution in [0.25, 0.3) is 0 Å². The smallest absolute Gasteiger partial charge is 0.226 e. The summed E-state index contributed by atoms with van der Waals surface area (Å²) in [5.41, 5.74) is 0. The number of hydrogen-bond donors (Lipinski definition) is 2. The molecule has 1 rings (SSSR count). The summed E-state index contributed by atoms with van der Waals surface area (Å²) < 4.78 is 0. The predicted octanol–water partition coefficient (Wildman–Crippen LogP) is 9.14. The number of rotatable bonds is 23. The average molecular weight is 493 g/mol. The summed E-state index contributed by atoms with van der Waals surface area (Å²) in [6.07, 6.45) is 26.7. The molecule has 0 saturated heterocycles. The highest BCUT2D eigenvalue weighted by Gasteiger charge is 2.10. The summed E-state index contributed by atoms with van der Waals surface area (Å²) in [5, 5.41) is 16.0. The third-order valence-corrected chi connectivity index (χ3v) is 7.22. The number of allylic oxidation sites excluding steroid dienone is 2. The molecule has 0 fully saturated rings. The Morgan fingerprint density at radius 2 is 1.38 bits per heavy atom. The van der Waals surface area contributed by atoms with E-state index in [2.05, 4.69) is 53.8 Å². The minimum absolute atomic E-state index is 0.0507. The lowest BCUT2D eigenvalue weighted by atomic mass is 10.00. The molecule has 0 saturated carbocycles. The number of carbonyl (C=O) groups is 1. The fourth-order valence-electron chi connectivity index (χ4n) is 4.06. The Labute approximate surface area is 214 Å². The lowest BCUT2D eigenvalue weighted by Gasteiger charge is -2.14. The van der Waals surface area contributed by atoms with E-state index in [0.29, 0.717) is 17.5 Å². The van der Waals surface area contributed by atoms with Gasteiger partial charge in [-0.1, -0.05) is 115 Å². The maximum Gasteiger partial charge on any atom is 0.226 e. The Morgan fingerprint density at radius 3 is 2.03 bits per heavy atom. The van der Waals surface area contributed by atoms with E-state index < -0.39 is 0 Å². The second kappa shape index (κ2) is 22.1. The zero-order chi connectivity index (χ0) is 24.7. The number of unbranched alkanes of at least 4 members (excludes halogenated alkanes) is 12. The van der Waals surface area contributed by atoms with Crippen LogP contribution in [0.2, 0.25) is 0 Å². The molecule has 0 aliphatic heterocycles. The summed E-state index contributed by atoms with van der Waals surface area (Å²) in [6.45, 7) is 7.67. The van der Waals surface area contributed by atoms with E-state index in [1.165, 1.54) is 108 Å². The Bertz CT molecular complexity index is 632. The second-order valence-corrected chi connectivity index (χ2v) is 10.6. The van der Waals surface area contributed by atoms with Gasteiger partial charge < -0.3 is 10.6 Å². The first-order chi connectivity index (χ1) is 16.7. The van der Waals surface area contributed by atoms with Crippen LogP contribution in [0.1, 0.15) is 136 Å².